The molecule has 2 N–H and O–H groups in total. The Hall–Kier alpha value is -1.94. The zero-order chi connectivity index (χ0) is 14.1. The zero-order valence-electron chi connectivity index (χ0n) is 12.1. The number of nitrogens with two attached hydrogens (primary N) is 1. The number of aryl methyl sites for hydroxylation is 3. The first kappa shape index (κ1) is 13.1. The van der Waals surface area contributed by atoms with E-state index < -0.39 is 0 Å². The van der Waals surface area contributed by atoms with Gasteiger partial charge >= 0.3 is 0 Å². The molecule has 0 saturated carbocycles. The number of hydrogen-bond donors (Lipinski definition) is 1. The van der Waals surface area contributed by atoms with Gasteiger partial charge in [0.05, 0.1) is 16.7 Å². The lowest BCUT2D eigenvalue weighted by molar-refractivity contribution is 0.615. The van der Waals surface area contributed by atoms with Crippen LogP contribution in [0.5, 0.6) is 0 Å². The van der Waals surface area contributed by atoms with Gasteiger partial charge in [0.15, 0.2) is 0 Å². The van der Waals surface area contributed by atoms with Crippen LogP contribution in [0, 0.1) is 13.8 Å². The van der Waals surface area contributed by atoms with Crippen LogP contribution in [0.25, 0.3) is 21.9 Å². The molecule has 0 saturated heterocycles. The molecule has 4 heteroatoms. The second kappa shape index (κ2) is 5.21. The van der Waals surface area contributed by atoms with Crippen molar-refractivity contribution in [2.45, 2.75) is 33.2 Å². The van der Waals surface area contributed by atoms with Gasteiger partial charge in [-0.05, 0) is 39.3 Å². The Balaban J connectivity index is 2.25. The van der Waals surface area contributed by atoms with Gasteiger partial charge in [-0.3, -0.25) is 4.98 Å². The molecule has 104 valence electrons. The monoisotopic (exact) mass is 268 g/mol. The van der Waals surface area contributed by atoms with Crippen LogP contribution in [-0.2, 0) is 6.54 Å². The number of imidazole rings is 1. The third kappa shape index (κ3) is 2.06. The molecule has 0 aliphatic heterocycles. The lowest BCUT2D eigenvalue weighted by Gasteiger charge is -2.09. The molecule has 3 aromatic rings. The van der Waals surface area contributed by atoms with E-state index in [1.165, 1.54) is 10.9 Å². The van der Waals surface area contributed by atoms with Crippen LogP contribution in [0.3, 0.4) is 0 Å². The van der Waals surface area contributed by atoms with Crippen molar-refractivity contribution >= 4 is 21.9 Å². The second-order valence-electron chi connectivity index (χ2n) is 5.22. The van der Waals surface area contributed by atoms with Crippen molar-refractivity contribution in [3.8, 4) is 0 Å². The largest absolute Gasteiger partial charge is 0.330 e. The number of hydrogen-bond acceptors (Lipinski definition) is 3. The summed E-state index contributed by atoms with van der Waals surface area (Å²) in [6, 6.07) is 8.28. The van der Waals surface area contributed by atoms with Crippen LogP contribution in [0.4, 0.5) is 0 Å². The predicted molar refractivity (Wildman–Crippen MR) is 82.8 cm³/mol. The quantitative estimate of drug-likeness (QED) is 0.740. The minimum atomic E-state index is 0.743. The smallest absolute Gasteiger partial charge is 0.111 e. The van der Waals surface area contributed by atoms with Crippen molar-refractivity contribution < 1.29 is 0 Å². The molecule has 0 fully saturated rings. The fraction of sp³-hybridized carbons (Fsp3) is 0.375. The Bertz CT molecular complexity index is 758. The molecule has 0 atom stereocenters. The van der Waals surface area contributed by atoms with Gasteiger partial charge in [-0.2, -0.15) is 0 Å². The van der Waals surface area contributed by atoms with Crippen molar-refractivity contribution in [3.63, 3.8) is 0 Å². The molecule has 20 heavy (non-hydrogen) atoms. The topological polar surface area (TPSA) is 56.7 Å². The first-order valence-corrected chi connectivity index (χ1v) is 7.14. The van der Waals surface area contributed by atoms with E-state index in [1.807, 2.05) is 13.0 Å². The molecule has 2 aromatic heterocycles. The van der Waals surface area contributed by atoms with Crippen molar-refractivity contribution in [1.82, 2.24) is 14.5 Å². The van der Waals surface area contributed by atoms with Gasteiger partial charge in [-0.1, -0.05) is 18.2 Å². The average Bonchev–Trinajstić information content (AvgIpc) is 2.78. The van der Waals surface area contributed by atoms with Crippen molar-refractivity contribution in [2.75, 3.05) is 6.54 Å². The molecule has 0 radical (unpaired) electrons. The SMILES string of the molecule is Cc1nc2ccccc2c2c1nc(C)n2CCCCN. The molecule has 2 heterocycles. The summed E-state index contributed by atoms with van der Waals surface area (Å²) in [6.45, 7) is 5.81. The summed E-state index contributed by atoms with van der Waals surface area (Å²) in [5, 5.41) is 1.18. The van der Waals surface area contributed by atoms with Gasteiger partial charge in [0.25, 0.3) is 0 Å². The summed E-state index contributed by atoms with van der Waals surface area (Å²) in [7, 11) is 0. The van der Waals surface area contributed by atoms with Crippen LogP contribution in [0.2, 0.25) is 0 Å². The first-order valence-electron chi connectivity index (χ1n) is 7.14. The Morgan fingerprint density at radius 2 is 1.90 bits per heavy atom. The van der Waals surface area contributed by atoms with Crippen molar-refractivity contribution in [2.24, 2.45) is 5.73 Å². The van der Waals surface area contributed by atoms with Crippen molar-refractivity contribution in [3.05, 3.63) is 35.8 Å². The molecular formula is C16H20N4. The van der Waals surface area contributed by atoms with Crippen LogP contribution in [-0.4, -0.2) is 21.1 Å². The number of fused-ring (bicyclic) bond motifs is 3. The van der Waals surface area contributed by atoms with E-state index in [1.54, 1.807) is 0 Å². The Labute approximate surface area is 118 Å². The molecule has 0 aliphatic rings. The van der Waals surface area contributed by atoms with Crippen LogP contribution >= 0.6 is 0 Å². The number of rotatable bonds is 4. The first-order chi connectivity index (χ1) is 9.72. The molecule has 0 amide bonds. The van der Waals surface area contributed by atoms with E-state index in [-0.39, 0.29) is 0 Å². The number of nitrogens with zero attached hydrogens (tertiary/aromatic N) is 3. The minimum Gasteiger partial charge on any atom is -0.330 e. The molecule has 3 rings (SSSR count). The fourth-order valence-corrected chi connectivity index (χ4v) is 2.78. The normalized spacial score (nSPS) is 11.6. The maximum absolute atomic E-state index is 5.60. The van der Waals surface area contributed by atoms with Gasteiger partial charge in [0.1, 0.15) is 11.3 Å². The van der Waals surface area contributed by atoms with E-state index >= 15 is 0 Å². The minimum absolute atomic E-state index is 0.743. The van der Waals surface area contributed by atoms with Crippen LogP contribution in [0.15, 0.2) is 24.3 Å². The highest BCUT2D eigenvalue weighted by molar-refractivity contribution is 6.03. The highest BCUT2D eigenvalue weighted by atomic mass is 15.1. The van der Waals surface area contributed by atoms with Gasteiger partial charge < -0.3 is 10.3 Å². The number of para-hydroxylation sites is 1. The second-order valence-corrected chi connectivity index (χ2v) is 5.22. The molecular weight excluding hydrogens is 248 g/mol. The van der Waals surface area contributed by atoms with E-state index in [9.17, 15) is 0 Å². The molecule has 1 aromatic carbocycles. The molecule has 0 unspecified atom stereocenters. The summed E-state index contributed by atoms with van der Waals surface area (Å²) in [5.41, 5.74) is 9.87. The van der Waals surface area contributed by atoms with Gasteiger partial charge in [-0.15, -0.1) is 0 Å². The fourth-order valence-electron chi connectivity index (χ4n) is 2.78. The maximum atomic E-state index is 5.60. The average molecular weight is 268 g/mol. The third-order valence-corrected chi connectivity index (χ3v) is 3.78. The van der Waals surface area contributed by atoms with E-state index in [4.69, 9.17) is 10.7 Å². The van der Waals surface area contributed by atoms with Crippen LogP contribution < -0.4 is 5.73 Å². The lowest BCUT2D eigenvalue weighted by atomic mass is 10.1. The van der Waals surface area contributed by atoms with Crippen molar-refractivity contribution in [1.29, 1.82) is 0 Å². The highest BCUT2D eigenvalue weighted by Crippen LogP contribution is 2.27. The standard InChI is InChI=1S/C16H20N4/c1-11-15-16(13-7-3-4-8-14(13)18-11)20(12(2)19-15)10-6-5-9-17/h3-4,7-8H,5-6,9-10,17H2,1-2H3. The third-order valence-electron chi connectivity index (χ3n) is 3.78. The summed E-state index contributed by atoms with van der Waals surface area (Å²) in [5.74, 6) is 1.05. The maximum Gasteiger partial charge on any atom is 0.111 e. The van der Waals surface area contributed by atoms with Gasteiger partial charge in [0.2, 0.25) is 0 Å². The zero-order valence-corrected chi connectivity index (χ0v) is 12.1. The van der Waals surface area contributed by atoms with E-state index in [0.29, 0.717) is 0 Å². The lowest BCUT2D eigenvalue weighted by Crippen LogP contribution is -2.05. The van der Waals surface area contributed by atoms with Crippen LogP contribution in [0.1, 0.15) is 24.4 Å². The Morgan fingerprint density at radius 3 is 2.70 bits per heavy atom. The summed E-state index contributed by atoms with van der Waals surface area (Å²) < 4.78 is 2.31. The molecule has 4 nitrogen and oxygen atoms in total. The summed E-state index contributed by atoms with van der Waals surface area (Å²) in [4.78, 5) is 9.37. The number of benzene rings is 1. The molecule has 0 bridgehead atoms. The Morgan fingerprint density at radius 1 is 1.10 bits per heavy atom. The number of pyridine rings is 1. The highest BCUT2D eigenvalue weighted by Gasteiger charge is 2.13. The van der Waals surface area contributed by atoms with E-state index in [2.05, 4.69) is 34.7 Å². The summed E-state index contributed by atoms with van der Waals surface area (Å²) in [6.07, 6.45) is 2.12. The molecule has 0 spiro atoms. The predicted octanol–water partition coefficient (Wildman–Crippen LogP) is 2.94. The Kier molecular flexibility index (Phi) is 3.40. The van der Waals surface area contributed by atoms with Gasteiger partial charge in [0, 0.05) is 11.9 Å². The molecule has 0 aliphatic carbocycles. The summed E-state index contributed by atoms with van der Waals surface area (Å²) >= 11 is 0. The van der Waals surface area contributed by atoms with E-state index in [0.717, 1.165) is 48.5 Å². The number of aromatic nitrogens is 3. The number of unbranched alkanes of at least 4 members (excludes halogenated alkanes) is 1. The van der Waals surface area contributed by atoms with Gasteiger partial charge in [-0.25, -0.2) is 4.98 Å².